The van der Waals surface area contributed by atoms with Crippen LogP contribution >= 0.6 is 0 Å². The van der Waals surface area contributed by atoms with Gasteiger partial charge in [-0.05, 0) is 51.2 Å². The second-order valence-electron chi connectivity index (χ2n) is 8.22. The first-order chi connectivity index (χ1) is 12.2. The first-order valence-corrected chi connectivity index (χ1v) is 9.10. The van der Waals surface area contributed by atoms with E-state index < -0.39 is 5.60 Å². The van der Waals surface area contributed by atoms with E-state index in [1.807, 2.05) is 20.8 Å². The van der Waals surface area contributed by atoms with Crippen LogP contribution in [-0.4, -0.2) is 52.9 Å². The molecule has 2 atom stereocenters. The number of hydrogen-bond acceptors (Lipinski definition) is 4. The van der Waals surface area contributed by atoms with Crippen molar-refractivity contribution in [2.75, 3.05) is 19.6 Å². The molecule has 1 aromatic carbocycles. The molecule has 6 heteroatoms. The first kappa shape index (κ1) is 18.4. The highest BCUT2D eigenvalue weighted by atomic mass is 16.6. The molecule has 0 aromatic heterocycles. The molecule has 2 aliphatic heterocycles. The fourth-order valence-corrected chi connectivity index (χ4v) is 3.60. The van der Waals surface area contributed by atoms with Gasteiger partial charge in [0, 0.05) is 19.6 Å². The van der Waals surface area contributed by atoms with E-state index in [9.17, 15) is 14.4 Å². The van der Waals surface area contributed by atoms with E-state index in [-0.39, 0.29) is 29.7 Å². The lowest BCUT2D eigenvalue weighted by Crippen LogP contribution is -2.48. The third-order valence-corrected chi connectivity index (χ3v) is 5.03. The number of hydrogen-bond donors (Lipinski definition) is 0. The van der Waals surface area contributed by atoms with Crippen molar-refractivity contribution in [2.45, 2.75) is 39.7 Å². The zero-order chi connectivity index (χ0) is 19.1. The Balaban J connectivity index is 1.62. The van der Waals surface area contributed by atoms with Gasteiger partial charge >= 0.3 is 6.09 Å². The molecule has 26 heavy (non-hydrogen) atoms. The van der Waals surface area contributed by atoms with Crippen molar-refractivity contribution in [1.29, 1.82) is 0 Å². The number of fused-ring (bicyclic) bond motifs is 1. The summed E-state index contributed by atoms with van der Waals surface area (Å²) in [6, 6.07) is 6.94. The Hall–Kier alpha value is -2.37. The molecule has 0 radical (unpaired) electrons. The summed E-state index contributed by atoms with van der Waals surface area (Å²) in [6.07, 6.45) is 0.442. The molecule has 3 rings (SSSR count). The Morgan fingerprint density at radius 1 is 1.15 bits per heavy atom. The number of amides is 3. The summed E-state index contributed by atoms with van der Waals surface area (Å²) in [6.45, 7) is 9.15. The van der Waals surface area contributed by atoms with E-state index in [1.165, 1.54) is 4.90 Å². The maximum atomic E-state index is 12.5. The van der Waals surface area contributed by atoms with Gasteiger partial charge in [-0.1, -0.05) is 19.1 Å². The third-order valence-electron chi connectivity index (χ3n) is 5.03. The number of ether oxygens (including phenoxy) is 1. The number of nitrogens with zero attached hydrogens (tertiary/aromatic N) is 2. The standard InChI is InChI=1S/C20H26N2O4/c1-13-11-21(19(25)26-20(2,3)4)10-9-14(13)12-22-17(23)15-7-5-6-8-16(15)18(22)24/h5-8,13-14H,9-12H2,1-4H3. The predicted octanol–water partition coefficient (Wildman–Crippen LogP) is 3.18. The average molecular weight is 358 g/mol. The van der Waals surface area contributed by atoms with Gasteiger partial charge in [-0.3, -0.25) is 14.5 Å². The fraction of sp³-hybridized carbons (Fsp3) is 0.550. The van der Waals surface area contributed by atoms with E-state index in [1.54, 1.807) is 29.2 Å². The van der Waals surface area contributed by atoms with Crippen LogP contribution in [0.4, 0.5) is 4.79 Å². The second-order valence-corrected chi connectivity index (χ2v) is 8.22. The quantitative estimate of drug-likeness (QED) is 0.762. The highest BCUT2D eigenvalue weighted by molar-refractivity contribution is 6.21. The van der Waals surface area contributed by atoms with Gasteiger partial charge in [-0.15, -0.1) is 0 Å². The highest BCUT2D eigenvalue weighted by Crippen LogP contribution is 2.29. The number of likely N-dealkylation sites (tertiary alicyclic amines) is 1. The lowest BCUT2D eigenvalue weighted by atomic mass is 9.86. The molecule has 2 unspecified atom stereocenters. The summed E-state index contributed by atoms with van der Waals surface area (Å²) >= 11 is 0. The normalized spacial score (nSPS) is 23.2. The van der Waals surface area contributed by atoms with Crippen LogP contribution in [0.25, 0.3) is 0 Å². The van der Waals surface area contributed by atoms with Crippen molar-refractivity contribution in [3.8, 4) is 0 Å². The van der Waals surface area contributed by atoms with Gasteiger partial charge in [0.1, 0.15) is 5.60 Å². The van der Waals surface area contributed by atoms with Gasteiger partial charge in [-0.25, -0.2) is 4.79 Å². The van der Waals surface area contributed by atoms with Gasteiger partial charge < -0.3 is 9.64 Å². The summed E-state index contributed by atoms with van der Waals surface area (Å²) in [5, 5.41) is 0. The van der Waals surface area contributed by atoms with Crippen molar-refractivity contribution in [3.05, 3.63) is 35.4 Å². The van der Waals surface area contributed by atoms with Crippen LogP contribution in [0.15, 0.2) is 24.3 Å². The van der Waals surface area contributed by atoms with Gasteiger partial charge in [0.2, 0.25) is 0 Å². The highest BCUT2D eigenvalue weighted by Gasteiger charge is 2.39. The van der Waals surface area contributed by atoms with Gasteiger partial charge in [0.25, 0.3) is 11.8 Å². The van der Waals surface area contributed by atoms with E-state index in [2.05, 4.69) is 6.92 Å². The summed E-state index contributed by atoms with van der Waals surface area (Å²) < 4.78 is 5.44. The van der Waals surface area contributed by atoms with Gasteiger partial charge in [0.05, 0.1) is 11.1 Å². The number of benzene rings is 1. The molecule has 0 N–H and O–H groups in total. The molecule has 1 fully saturated rings. The maximum Gasteiger partial charge on any atom is 0.410 e. The molecular weight excluding hydrogens is 332 g/mol. The predicted molar refractivity (Wildman–Crippen MR) is 96.9 cm³/mol. The lowest BCUT2D eigenvalue weighted by molar-refractivity contribution is 0.00896. The minimum Gasteiger partial charge on any atom is -0.444 e. The maximum absolute atomic E-state index is 12.5. The molecule has 140 valence electrons. The number of rotatable bonds is 2. The Kier molecular flexibility index (Phi) is 4.78. The molecule has 2 heterocycles. The van der Waals surface area contributed by atoms with Crippen LogP contribution in [0.2, 0.25) is 0 Å². The molecule has 6 nitrogen and oxygen atoms in total. The smallest absolute Gasteiger partial charge is 0.410 e. The van der Waals surface area contributed by atoms with Gasteiger partial charge in [0.15, 0.2) is 0 Å². The SMILES string of the molecule is CC1CN(C(=O)OC(C)(C)C)CCC1CN1C(=O)c2ccccc2C1=O. The van der Waals surface area contributed by atoms with Crippen LogP contribution in [0, 0.1) is 11.8 Å². The molecule has 3 amide bonds. The third kappa shape index (κ3) is 3.59. The van der Waals surface area contributed by atoms with Crippen molar-refractivity contribution >= 4 is 17.9 Å². The summed E-state index contributed by atoms with van der Waals surface area (Å²) in [5.74, 6) is -0.0729. The van der Waals surface area contributed by atoms with Crippen LogP contribution in [-0.2, 0) is 4.74 Å². The van der Waals surface area contributed by atoms with Crippen LogP contribution in [0.5, 0.6) is 0 Å². The molecule has 0 aliphatic carbocycles. The van der Waals surface area contributed by atoms with Crippen molar-refractivity contribution in [3.63, 3.8) is 0 Å². The number of piperidine rings is 1. The first-order valence-electron chi connectivity index (χ1n) is 9.10. The topological polar surface area (TPSA) is 66.9 Å². The molecule has 1 saturated heterocycles. The van der Waals surface area contributed by atoms with Crippen molar-refractivity contribution in [2.24, 2.45) is 11.8 Å². The summed E-state index contributed by atoms with van der Waals surface area (Å²) in [5.41, 5.74) is 0.449. The van der Waals surface area contributed by atoms with E-state index in [0.29, 0.717) is 30.8 Å². The average Bonchev–Trinajstić information content (AvgIpc) is 2.80. The molecule has 0 saturated carbocycles. The largest absolute Gasteiger partial charge is 0.444 e. The molecular formula is C20H26N2O4. The Morgan fingerprint density at radius 3 is 2.23 bits per heavy atom. The molecule has 0 spiro atoms. The monoisotopic (exact) mass is 358 g/mol. The molecule has 2 aliphatic rings. The van der Waals surface area contributed by atoms with Crippen molar-refractivity contribution in [1.82, 2.24) is 9.80 Å². The second kappa shape index (κ2) is 6.74. The van der Waals surface area contributed by atoms with Crippen LogP contribution in [0.3, 0.4) is 0 Å². The zero-order valence-electron chi connectivity index (χ0n) is 15.8. The van der Waals surface area contributed by atoms with E-state index in [0.717, 1.165) is 6.42 Å². The van der Waals surface area contributed by atoms with Crippen molar-refractivity contribution < 1.29 is 19.1 Å². The fourth-order valence-electron chi connectivity index (χ4n) is 3.60. The minimum atomic E-state index is -0.517. The number of carbonyl (C=O) groups is 3. The van der Waals surface area contributed by atoms with Gasteiger partial charge in [-0.2, -0.15) is 0 Å². The Bertz CT molecular complexity index is 703. The zero-order valence-corrected chi connectivity index (χ0v) is 15.8. The van der Waals surface area contributed by atoms with Crippen LogP contribution in [0.1, 0.15) is 54.8 Å². The molecule has 1 aromatic rings. The Morgan fingerprint density at radius 2 is 1.73 bits per heavy atom. The van der Waals surface area contributed by atoms with E-state index >= 15 is 0 Å². The number of carbonyl (C=O) groups excluding carboxylic acids is 3. The van der Waals surface area contributed by atoms with E-state index in [4.69, 9.17) is 4.74 Å². The number of imide groups is 1. The summed E-state index contributed by atoms with van der Waals surface area (Å²) in [4.78, 5) is 40.4. The van der Waals surface area contributed by atoms with Crippen LogP contribution < -0.4 is 0 Å². The molecule has 0 bridgehead atoms. The lowest BCUT2D eigenvalue weighted by Gasteiger charge is -2.38. The minimum absolute atomic E-state index is 0.177. The summed E-state index contributed by atoms with van der Waals surface area (Å²) in [7, 11) is 0. The Labute approximate surface area is 154 Å².